The summed E-state index contributed by atoms with van der Waals surface area (Å²) in [5.41, 5.74) is 0.238. The molecule has 0 radical (unpaired) electrons. The summed E-state index contributed by atoms with van der Waals surface area (Å²) in [5, 5.41) is 0. The van der Waals surface area contributed by atoms with Crippen LogP contribution in [0.4, 0.5) is 0 Å². The van der Waals surface area contributed by atoms with Gasteiger partial charge in [-0.3, -0.25) is 4.79 Å². The van der Waals surface area contributed by atoms with E-state index in [1.54, 1.807) is 39.8 Å². The Morgan fingerprint density at radius 2 is 2.12 bits per heavy atom. The van der Waals surface area contributed by atoms with E-state index in [1.165, 1.54) is 6.08 Å². The molecule has 138 valence electrons. The fraction of sp³-hybridized carbons (Fsp3) is 0.450. The van der Waals surface area contributed by atoms with Crippen LogP contribution >= 0.6 is 0 Å². The van der Waals surface area contributed by atoms with E-state index >= 15 is 0 Å². The second kappa shape index (κ2) is 6.27. The van der Waals surface area contributed by atoms with Crippen molar-refractivity contribution in [2.45, 2.75) is 51.9 Å². The zero-order chi connectivity index (χ0) is 19.2. The molecule has 0 saturated carbocycles. The second-order valence-electron chi connectivity index (χ2n) is 7.10. The highest BCUT2D eigenvalue weighted by atomic mass is 16.6. The van der Waals surface area contributed by atoms with E-state index in [1.807, 2.05) is 0 Å². The van der Waals surface area contributed by atoms with Gasteiger partial charge in [-0.2, -0.15) is 0 Å². The molecule has 0 aromatic rings. The second-order valence-corrected chi connectivity index (χ2v) is 7.10. The van der Waals surface area contributed by atoms with Crippen molar-refractivity contribution >= 4 is 17.7 Å². The summed E-state index contributed by atoms with van der Waals surface area (Å²) in [4.78, 5) is 36.8. The van der Waals surface area contributed by atoms with E-state index < -0.39 is 35.7 Å². The number of esters is 2. The molecular formula is C20H22O6. The fourth-order valence-corrected chi connectivity index (χ4v) is 3.41. The Labute approximate surface area is 152 Å². The van der Waals surface area contributed by atoms with Crippen molar-refractivity contribution in [3.8, 4) is 0 Å². The lowest BCUT2D eigenvalue weighted by molar-refractivity contribution is -0.148. The largest absolute Gasteiger partial charge is 0.479 e. The van der Waals surface area contributed by atoms with Gasteiger partial charge in [-0.1, -0.05) is 12.7 Å². The Morgan fingerprint density at radius 1 is 1.42 bits per heavy atom. The molecule has 3 heterocycles. The van der Waals surface area contributed by atoms with Crippen molar-refractivity contribution in [2.75, 3.05) is 0 Å². The van der Waals surface area contributed by atoms with Gasteiger partial charge < -0.3 is 14.2 Å². The van der Waals surface area contributed by atoms with Crippen molar-refractivity contribution in [3.63, 3.8) is 0 Å². The predicted octanol–water partition coefficient (Wildman–Crippen LogP) is 2.55. The number of allylic oxidation sites excluding steroid dienone is 2. The van der Waals surface area contributed by atoms with Crippen molar-refractivity contribution < 1.29 is 28.6 Å². The first-order valence-corrected chi connectivity index (χ1v) is 8.54. The Hall–Kier alpha value is -2.63. The molecule has 0 aromatic heterocycles. The van der Waals surface area contributed by atoms with Gasteiger partial charge >= 0.3 is 11.9 Å². The highest BCUT2D eigenvalue weighted by molar-refractivity contribution is 6.00. The molecule has 1 fully saturated rings. The maximum atomic E-state index is 12.4. The summed E-state index contributed by atoms with van der Waals surface area (Å²) in [6.07, 6.45) is 3.55. The predicted molar refractivity (Wildman–Crippen MR) is 92.8 cm³/mol. The first-order valence-electron chi connectivity index (χ1n) is 8.54. The zero-order valence-electron chi connectivity index (χ0n) is 15.3. The minimum Gasteiger partial charge on any atom is -0.479 e. The third kappa shape index (κ3) is 2.89. The molecule has 1 saturated heterocycles. The number of ketones is 1. The smallest absolute Gasteiger partial charge is 0.334 e. The summed E-state index contributed by atoms with van der Waals surface area (Å²) < 4.78 is 17.0. The monoisotopic (exact) mass is 358 g/mol. The molecule has 6 nitrogen and oxygen atoms in total. The summed E-state index contributed by atoms with van der Waals surface area (Å²) in [6, 6.07) is 0. The van der Waals surface area contributed by atoms with Gasteiger partial charge in [-0.15, -0.1) is 0 Å². The number of carbonyl (C=O) groups excluding carboxylic acids is 3. The van der Waals surface area contributed by atoms with Gasteiger partial charge in [0.1, 0.15) is 18.0 Å². The highest BCUT2D eigenvalue weighted by Crippen LogP contribution is 2.42. The summed E-state index contributed by atoms with van der Waals surface area (Å²) >= 11 is 0. The molecule has 0 aliphatic carbocycles. The quantitative estimate of drug-likeness (QED) is 0.558. The van der Waals surface area contributed by atoms with Crippen LogP contribution in [0.5, 0.6) is 0 Å². The Bertz CT molecular complexity index is 799. The number of hydrogen-bond donors (Lipinski definition) is 0. The Morgan fingerprint density at radius 3 is 2.77 bits per heavy atom. The molecule has 0 aromatic carbocycles. The van der Waals surface area contributed by atoms with Gasteiger partial charge in [0.2, 0.25) is 5.78 Å². The fourth-order valence-electron chi connectivity index (χ4n) is 3.41. The maximum Gasteiger partial charge on any atom is 0.334 e. The lowest BCUT2D eigenvalue weighted by atomic mass is 9.83. The van der Waals surface area contributed by atoms with E-state index in [9.17, 15) is 14.4 Å². The van der Waals surface area contributed by atoms with Crippen LogP contribution < -0.4 is 0 Å². The summed E-state index contributed by atoms with van der Waals surface area (Å²) in [6.45, 7) is 10.7. The van der Waals surface area contributed by atoms with Crippen LogP contribution in [0.1, 0.15) is 34.1 Å². The lowest BCUT2D eigenvalue weighted by Crippen LogP contribution is -2.41. The van der Waals surface area contributed by atoms with Crippen molar-refractivity contribution in [1.29, 1.82) is 0 Å². The molecule has 3 rings (SSSR count). The zero-order valence-corrected chi connectivity index (χ0v) is 15.3. The van der Waals surface area contributed by atoms with Crippen LogP contribution in [-0.2, 0) is 28.6 Å². The van der Waals surface area contributed by atoms with E-state index in [0.717, 1.165) is 0 Å². The molecular weight excluding hydrogens is 336 g/mol. The average molecular weight is 358 g/mol. The average Bonchev–Trinajstić information content (AvgIpc) is 3.03. The van der Waals surface area contributed by atoms with Crippen molar-refractivity contribution in [3.05, 3.63) is 47.3 Å². The van der Waals surface area contributed by atoms with Crippen LogP contribution in [0, 0.1) is 5.92 Å². The molecule has 0 unspecified atom stereocenters. The van der Waals surface area contributed by atoms with E-state index in [0.29, 0.717) is 16.9 Å². The van der Waals surface area contributed by atoms with Gasteiger partial charge in [0.25, 0.3) is 0 Å². The minimum atomic E-state index is -1.11. The molecule has 0 N–H and O–H groups in total. The summed E-state index contributed by atoms with van der Waals surface area (Å²) in [5.74, 6) is -1.32. The molecule has 2 bridgehead atoms. The van der Waals surface area contributed by atoms with Gasteiger partial charge in [-0.25, -0.2) is 9.59 Å². The normalized spacial score (nSPS) is 35.9. The highest BCUT2D eigenvalue weighted by Gasteiger charge is 2.52. The Balaban J connectivity index is 2.06. The topological polar surface area (TPSA) is 78.9 Å². The Kier molecular flexibility index (Phi) is 4.38. The number of carbonyl (C=O) groups is 3. The standard InChI is InChI=1S/C20H22O6/c1-6-10(2)18(22)24-14-7-11(3)13-8-16(21)20(5,26-13)9-15-17(14)12(4)19(23)25-15/h6-8,14-15,17H,4,9H2,1-3,5H3/b10-6+,11-7-/t14-,15+,17+,20-/m1/s1. The number of rotatable bonds is 2. The molecule has 0 spiro atoms. The maximum absolute atomic E-state index is 12.4. The van der Waals surface area contributed by atoms with E-state index in [2.05, 4.69) is 6.58 Å². The van der Waals surface area contributed by atoms with Crippen LogP contribution in [0.2, 0.25) is 0 Å². The van der Waals surface area contributed by atoms with Crippen LogP contribution in [0.25, 0.3) is 0 Å². The molecule has 4 atom stereocenters. The van der Waals surface area contributed by atoms with E-state index in [-0.39, 0.29) is 17.8 Å². The third-order valence-electron chi connectivity index (χ3n) is 5.19. The molecule has 6 heteroatoms. The first kappa shape index (κ1) is 18.2. The minimum absolute atomic E-state index is 0.166. The van der Waals surface area contributed by atoms with Crippen molar-refractivity contribution in [1.82, 2.24) is 0 Å². The SMILES string of the molecule is C=C1C(=O)O[C@H]2C[C@@]3(C)OC(=CC3=O)/C(C)=C\[C@@H](OC(=O)/C(C)=C/C)[C@H]12. The third-order valence-corrected chi connectivity index (χ3v) is 5.19. The van der Waals surface area contributed by atoms with Crippen molar-refractivity contribution in [2.24, 2.45) is 5.92 Å². The van der Waals surface area contributed by atoms with Gasteiger partial charge in [0, 0.05) is 23.6 Å². The molecule has 26 heavy (non-hydrogen) atoms. The van der Waals surface area contributed by atoms with Gasteiger partial charge in [-0.05, 0) is 39.3 Å². The number of ether oxygens (including phenoxy) is 3. The van der Waals surface area contributed by atoms with Crippen LogP contribution in [0.3, 0.4) is 0 Å². The molecule has 0 amide bonds. The van der Waals surface area contributed by atoms with E-state index in [4.69, 9.17) is 14.2 Å². The van der Waals surface area contributed by atoms with Crippen LogP contribution in [0.15, 0.2) is 47.3 Å². The number of fused-ring (bicyclic) bond motifs is 3. The number of hydrogen-bond acceptors (Lipinski definition) is 6. The molecule has 3 aliphatic heterocycles. The molecule has 3 aliphatic rings. The summed E-state index contributed by atoms with van der Waals surface area (Å²) in [7, 11) is 0. The van der Waals surface area contributed by atoms with Gasteiger partial charge in [0.05, 0.1) is 5.92 Å². The van der Waals surface area contributed by atoms with Gasteiger partial charge in [0.15, 0.2) is 5.60 Å². The first-order chi connectivity index (χ1) is 12.2. The van der Waals surface area contributed by atoms with Crippen LogP contribution in [-0.4, -0.2) is 35.5 Å². The lowest BCUT2D eigenvalue weighted by Gasteiger charge is -2.29.